The van der Waals surface area contributed by atoms with E-state index in [1.54, 1.807) is 0 Å². The van der Waals surface area contributed by atoms with E-state index < -0.39 is 0 Å². The molecule has 8 aromatic carbocycles. The Kier molecular flexibility index (Phi) is 6.58. The van der Waals surface area contributed by atoms with Gasteiger partial charge in [0.05, 0.1) is 28.9 Å². The fourth-order valence-corrected chi connectivity index (χ4v) is 7.56. The van der Waals surface area contributed by atoms with Crippen LogP contribution in [0.2, 0.25) is 0 Å². The third-order valence-electron chi connectivity index (χ3n) is 9.63. The molecule has 0 radical (unpaired) electrons. The van der Waals surface area contributed by atoms with Crippen LogP contribution in [0.1, 0.15) is 5.56 Å². The predicted octanol–water partition coefficient (Wildman–Crippen LogP) is 12.5. The van der Waals surface area contributed by atoms with Gasteiger partial charge in [0.25, 0.3) is 0 Å². The lowest BCUT2D eigenvalue weighted by Crippen LogP contribution is -1.98. The maximum Gasteiger partial charge on any atom is 0.197 e. The van der Waals surface area contributed by atoms with Gasteiger partial charge >= 0.3 is 0 Å². The monoisotopic (exact) mass is 621 g/mol. The van der Waals surface area contributed by atoms with Crippen molar-refractivity contribution in [2.75, 3.05) is 0 Å². The van der Waals surface area contributed by atoms with Crippen molar-refractivity contribution in [2.45, 2.75) is 0 Å². The number of nitriles is 1. The minimum atomic E-state index is 0.502. The number of rotatable bonds is 4. The largest absolute Gasteiger partial charge is 0.309 e. The summed E-state index contributed by atoms with van der Waals surface area (Å²) in [6.07, 6.45) is 0. The van der Waals surface area contributed by atoms with E-state index in [2.05, 4.69) is 137 Å². The highest BCUT2D eigenvalue weighted by molar-refractivity contribution is 6.21. The first-order valence-corrected chi connectivity index (χ1v) is 16.3. The molecule has 0 bridgehead atoms. The molecule has 49 heavy (non-hydrogen) atoms. The molecule has 3 heteroatoms. The van der Waals surface area contributed by atoms with Gasteiger partial charge in [-0.15, -0.1) is 0 Å². The zero-order chi connectivity index (χ0) is 32.9. The number of aromatic nitrogens is 1. The minimum Gasteiger partial charge on any atom is -0.309 e. The molecular weight excluding hydrogens is 595 g/mol. The fraction of sp³-hybridized carbons (Fsp3) is 0. The van der Waals surface area contributed by atoms with Crippen molar-refractivity contribution < 1.29 is 0 Å². The Morgan fingerprint density at radius 2 is 0.939 bits per heavy atom. The van der Waals surface area contributed by atoms with E-state index in [4.69, 9.17) is 6.57 Å². The molecule has 3 nitrogen and oxygen atoms in total. The highest BCUT2D eigenvalue weighted by Crippen LogP contribution is 2.45. The first kappa shape index (κ1) is 28.3. The SMILES string of the molecule is [C-]#[N+]c1cc(-n2c3ccccc3c3ccccc32)c(C#N)cc1-c1cccc(-c2c3ccccc3c(-c3ccccc3)c3ccccc23)c1. The van der Waals surface area contributed by atoms with E-state index in [1.807, 2.05) is 42.5 Å². The van der Waals surface area contributed by atoms with Gasteiger partial charge in [-0.05, 0) is 85.3 Å². The maximum atomic E-state index is 10.5. The Bertz CT molecular complexity index is 2740. The van der Waals surface area contributed by atoms with Crippen LogP contribution in [0.15, 0.2) is 164 Å². The molecule has 1 aromatic heterocycles. The van der Waals surface area contributed by atoms with E-state index in [0.29, 0.717) is 16.9 Å². The van der Waals surface area contributed by atoms with Gasteiger partial charge in [-0.25, -0.2) is 4.85 Å². The molecule has 0 aliphatic carbocycles. The Morgan fingerprint density at radius 3 is 1.49 bits per heavy atom. The summed E-state index contributed by atoms with van der Waals surface area (Å²) >= 11 is 0. The van der Waals surface area contributed by atoms with Gasteiger partial charge in [0.1, 0.15) is 6.07 Å². The third kappa shape index (κ3) is 4.42. The average molecular weight is 622 g/mol. The number of para-hydroxylation sites is 2. The molecule has 0 atom stereocenters. The first-order chi connectivity index (χ1) is 24.2. The molecule has 0 spiro atoms. The molecule has 0 aliphatic rings. The Morgan fingerprint density at radius 1 is 0.469 bits per heavy atom. The van der Waals surface area contributed by atoms with Gasteiger partial charge < -0.3 is 4.57 Å². The van der Waals surface area contributed by atoms with Gasteiger partial charge in [-0.2, -0.15) is 5.26 Å². The molecule has 0 amide bonds. The smallest absolute Gasteiger partial charge is 0.197 e. The summed E-state index contributed by atoms with van der Waals surface area (Å²) in [7, 11) is 0. The highest BCUT2D eigenvalue weighted by Gasteiger charge is 2.20. The summed E-state index contributed by atoms with van der Waals surface area (Å²) in [4.78, 5) is 4.03. The molecule has 0 N–H and O–H groups in total. The van der Waals surface area contributed by atoms with Crippen molar-refractivity contribution in [1.29, 1.82) is 5.26 Å². The van der Waals surface area contributed by atoms with E-state index in [0.717, 1.165) is 44.1 Å². The minimum absolute atomic E-state index is 0.502. The summed E-state index contributed by atoms with van der Waals surface area (Å²) in [6, 6.07) is 58.9. The number of hydrogen-bond acceptors (Lipinski definition) is 1. The van der Waals surface area contributed by atoms with Crippen LogP contribution in [0.25, 0.3) is 87.3 Å². The van der Waals surface area contributed by atoms with Crippen LogP contribution in [0, 0.1) is 17.9 Å². The van der Waals surface area contributed by atoms with Gasteiger partial charge in [-0.3, -0.25) is 0 Å². The lowest BCUT2D eigenvalue weighted by molar-refractivity contribution is 1.17. The summed E-state index contributed by atoms with van der Waals surface area (Å²) < 4.78 is 2.12. The van der Waals surface area contributed by atoms with E-state index in [1.165, 1.54) is 32.7 Å². The first-order valence-electron chi connectivity index (χ1n) is 16.3. The summed E-state index contributed by atoms with van der Waals surface area (Å²) in [5.41, 5.74) is 9.99. The van der Waals surface area contributed by atoms with Crippen molar-refractivity contribution >= 4 is 49.0 Å². The summed E-state index contributed by atoms with van der Waals surface area (Å²) in [6.45, 7) is 8.28. The third-order valence-corrected chi connectivity index (χ3v) is 9.63. The van der Waals surface area contributed by atoms with Crippen LogP contribution < -0.4 is 0 Å². The van der Waals surface area contributed by atoms with Crippen LogP contribution in [-0.2, 0) is 0 Å². The Balaban J connectivity index is 1.27. The molecule has 0 aliphatic heterocycles. The number of fused-ring (bicyclic) bond motifs is 5. The standard InChI is InChI=1S/C46H27N3/c1-48-41-28-44(49-42-24-11-9-18-34(42)35-19-10-12-25-43(35)49)33(29-47)27-40(41)31-16-13-17-32(26-31)46-38-22-7-5-20-36(38)45(30-14-3-2-4-15-30)37-21-6-8-23-39(37)46/h2-28H. The molecule has 226 valence electrons. The Hall–Kier alpha value is -6.94. The quantitative estimate of drug-likeness (QED) is 0.142. The van der Waals surface area contributed by atoms with Crippen LogP contribution in [0.3, 0.4) is 0 Å². The lowest BCUT2D eigenvalue weighted by atomic mass is 9.85. The van der Waals surface area contributed by atoms with Crippen LogP contribution in [0.5, 0.6) is 0 Å². The van der Waals surface area contributed by atoms with Crippen molar-refractivity contribution in [2.24, 2.45) is 0 Å². The van der Waals surface area contributed by atoms with Gasteiger partial charge in [0.15, 0.2) is 5.69 Å². The zero-order valence-electron chi connectivity index (χ0n) is 26.4. The molecule has 0 saturated heterocycles. The number of benzene rings is 8. The summed E-state index contributed by atoms with van der Waals surface area (Å²) in [5.74, 6) is 0. The molecule has 9 rings (SSSR count). The van der Waals surface area contributed by atoms with Gasteiger partial charge in [0, 0.05) is 10.8 Å². The molecule has 0 fully saturated rings. The van der Waals surface area contributed by atoms with E-state index >= 15 is 0 Å². The molecule has 0 saturated carbocycles. The summed E-state index contributed by atoms with van der Waals surface area (Å²) in [5, 5.41) is 17.5. The second-order valence-electron chi connectivity index (χ2n) is 12.3. The molecule has 9 aromatic rings. The fourth-order valence-electron chi connectivity index (χ4n) is 7.56. The van der Waals surface area contributed by atoms with Crippen molar-refractivity contribution in [3.8, 4) is 45.1 Å². The van der Waals surface area contributed by atoms with Crippen molar-refractivity contribution in [3.63, 3.8) is 0 Å². The lowest BCUT2D eigenvalue weighted by Gasteiger charge is -2.18. The second-order valence-corrected chi connectivity index (χ2v) is 12.3. The predicted molar refractivity (Wildman–Crippen MR) is 203 cm³/mol. The van der Waals surface area contributed by atoms with Gasteiger partial charge in [-0.1, -0.05) is 133 Å². The molecular formula is C46H27N3. The van der Waals surface area contributed by atoms with E-state index in [-0.39, 0.29) is 0 Å². The van der Waals surface area contributed by atoms with Crippen LogP contribution in [0.4, 0.5) is 5.69 Å². The maximum absolute atomic E-state index is 10.5. The number of nitrogens with zero attached hydrogens (tertiary/aromatic N) is 3. The average Bonchev–Trinajstić information content (AvgIpc) is 3.51. The molecule has 1 heterocycles. The highest BCUT2D eigenvalue weighted by atomic mass is 15.0. The van der Waals surface area contributed by atoms with Crippen LogP contribution >= 0.6 is 0 Å². The number of hydrogen-bond donors (Lipinski definition) is 0. The van der Waals surface area contributed by atoms with E-state index in [9.17, 15) is 5.26 Å². The van der Waals surface area contributed by atoms with Crippen LogP contribution in [-0.4, -0.2) is 4.57 Å². The topological polar surface area (TPSA) is 33.1 Å². The van der Waals surface area contributed by atoms with Crippen molar-refractivity contribution in [1.82, 2.24) is 4.57 Å². The normalized spacial score (nSPS) is 11.2. The van der Waals surface area contributed by atoms with Gasteiger partial charge in [0.2, 0.25) is 0 Å². The van der Waals surface area contributed by atoms with Crippen molar-refractivity contribution in [3.05, 3.63) is 181 Å². The Labute approximate surface area is 284 Å². The zero-order valence-corrected chi connectivity index (χ0v) is 26.4. The second kappa shape index (κ2) is 11.4. The molecule has 0 unspecified atom stereocenters.